The predicted octanol–water partition coefficient (Wildman–Crippen LogP) is 4.02. The number of nitrogens with zero attached hydrogens (tertiary/aromatic N) is 3. The maximum atomic E-state index is 12.6. The molecule has 0 radical (unpaired) electrons. The molecule has 2 fully saturated rings. The first-order valence-corrected chi connectivity index (χ1v) is 11.4. The van der Waals surface area contributed by atoms with Crippen molar-refractivity contribution in [1.29, 1.82) is 0 Å². The van der Waals surface area contributed by atoms with Crippen LogP contribution in [0, 0.1) is 0 Å². The minimum atomic E-state index is -0.172. The maximum absolute atomic E-state index is 12.6. The van der Waals surface area contributed by atoms with Crippen LogP contribution in [0.3, 0.4) is 0 Å². The van der Waals surface area contributed by atoms with Gasteiger partial charge in [0, 0.05) is 37.3 Å². The lowest BCUT2D eigenvalue weighted by atomic mass is 9.78. The molecule has 160 valence electrons. The second kappa shape index (κ2) is 7.97. The molecule has 0 saturated carbocycles. The van der Waals surface area contributed by atoms with Crippen LogP contribution >= 0.6 is 11.8 Å². The molecule has 0 atom stereocenters. The van der Waals surface area contributed by atoms with Crippen LogP contribution in [0.15, 0.2) is 17.2 Å². The molecule has 5 nitrogen and oxygen atoms in total. The number of hydrazine groups is 1. The number of piperazine rings is 1. The molecule has 1 amide bonds. The number of likely N-dealkylation sites (N-methyl/N-ethyl adjacent to an activating group) is 1. The maximum Gasteiger partial charge on any atom is 0.252 e. The Morgan fingerprint density at radius 3 is 1.97 bits per heavy atom. The lowest BCUT2D eigenvalue weighted by molar-refractivity contribution is -0.141. The predicted molar refractivity (Wildman–Crippen MR) is 122 cm³/mol. The van der Waals surface area contributed by atoms with Crippen LogP contribution in [-0.4, -0.2) is 64.9 Å². The first kappa shape index (κ1) is 22.2. The van der Waals surface area contributed by atoms with Crippen LogP contribution in [0.25, 0.3) is 6.08 Å². The number of thioether (sulfide) groups is 1. The van der Waals surface area contributed by atoms with E-state index in [9.17, 15) is 9.90 Å². The number of phenolic OH excluding ortho intramolecular Hbond substituents is 1. The minimum Gasteiger partial charge on any atom is -0.507 e. The quantitative estimate of drug-likeness (QED) is 0.787. The summed E-state index contributed by atoms with van der Waals surface area (Å²) in [6, 6.07) is 4.15. The van der Waals surface area contributed by atoms with Crippen LogP contribution in [0.4, 0.5) is 0 Å². The zero-order chi connectivity index (χ0) is 21.6. The number of rotatable bonds is 2. The smallest absolute Gasteiger partial charge is 0.252 e. The first-order valence-electron chi connectivity index (χ1n) is 10.4. The standard InChI is InChI=1S/C23H35N3O2S/c1-22(2,3)17-12-16(13-18(21(17)28)23(4,5)6)14-20-26(19(27)15-29-20)25-10-8-24(7)9-11-25/h12-14,28H,8-11,15H2,1-7H3. The summed E-state index contributed by atoms with van der Waals surface area (Å²) < 4.78 is 0. The third-order valence-electron chi connectivity index (χ3n) is 5.59. The van der Waals surface area contributed by atoms with Crippen molar-refractivity contribution >= 4 is 23.7 Å². The molecule has 2 saturated heterocycles. The SMILES string of the molecule is CN1CCN(N2C(=O)CSC2=Cc2cc(C(C)(C)C)c(O)c(C(C)(C)C)c2)CC1. The van der Waals surface area contributed by atoms with Crippen molar-refractivity contribution in [3.8, 4) is 5.75 Å². The molecule has 2 aliphatic heterocycles. The number of amides is 1. The fourth-order valence-electron chi connectivity index (χ4n) is 3.80. The van der Waals surface area contributed by atoms with Gasteiger partial charge < -0.3 is 10.0 Å². The van der Waals surface area contributed by atoms with Gasteiger partial charge in [0.15, 0.2) is 0 Å². The van der Waals surface area contributed by atoms with Gasteiger partial charge in [-0.2, -0.15) is 0 Å². The number of benzene rings is 1. The van der Waals surface area contributed by atoms with Crippen molar-refractivity contribution < 1.29 is 9.90 Å². The molecule has 1 N–H and O–H groups in total. The van der Waals surface area contributed by atoms with Gasteiger partial charge >= 0.3 is 0 Å². The Kier molecular flexibility index (Phi) is 6.10. The third kappa shape index (κ3) is 4.81. The van der Waals surface area contributed by atoms with Gasteiger partial charge in [-0.15, -0.1) is 0 Å². The summed E-state index contributed by atoms with van der Waals surface area (Å²) in [6.45, 7) is 16.4. The van der Waals surface area contributed by atoms with E-state index < -0.39 is 0 Å². The summed E-state index contributed by atoms with van der Waals surface area (Å²) >= 11 is 1.60. The van der Waals surface area contributed by atoms with Crippen LogP contribution in [-0.2, 0) is 15.6 Å². The monoisotopic (exact) mass is 417 g/mol. The summed E-state index contributed by atoms with van der Waals surface area (Å²) in [4.78, 5) is 14.9. The normalized spacial score (nSPS) is 21.4. The van der Waals surface area contributed by atoms with E-state index in [1.807, 2.05) is 5.01 Å². The average molecular weight is 418 g/mol. The molecule has 0 unspecified atom stereocenters. The summed E-state index contributed by atoms with van der Waals surface area (Å²) in [7, 11) is 2.12. The van der Waals surface area contributed by atoms with Crippen LogP contribution in [0.5, 0.6) is 5.75 Å². The Morgan fingerprint density at radius 1 is 0.966 bits per heavy atom. The molecule has 6 heteroatoms. The van der Waals surface area contributed by atoms with E-state index in [4.69, 9.17) is 0 Å². The highest BCUT2D eigenvalue weighted by Gasteiger charge is 2.33. The van der Waals surface area contributed by atoms with Gasteiger partial charge in [0.05, 0.1) is 10.8 Å². The Labute approximate surface area is 179 Å². The molecule has 0 aromatic heterocycles. The van der Waals surface area contributed by atoms with E-state index in [1.165, 1.54) is 0 Å². The molecule has 0 aliphatic carbocycles. The Balaban J connectivity index is 2.03. The lowest BCUT2D eigenvalue weighted by Gasteiger charge is -2.38. The summed E-state index contributed by atoms with van der Waals surface area (Å²) in [5.74, 6) is 1.02. The van der Waals surface area contributed by atoms with Gasteiger partial charge in [-0.25, -0.2) is 10.0 Å². The molecule has 0 bridgehead atoms. The molecule has 0 spiro atoms. The van der Waals surface area contributed by atoms with E-state index in [0.717, 1.165) is 47.9 Å². The van der Waals surface area contributed by atoms with Crippen molar-refractivity contribution in [3.63, 3.8) is 0 Å². The summed E-state index contributed by atoms with van der Waals surface area (Å²) in [5, 5.41) is 16.0. The number of phenols is 1. The Hall–Kier alpha value is -1.50. The number of carbonyl (C=O) groups excluding carboxylic acids is 1. The van der Waals surface area contributed by atoms with Gasteiger partial charge in [-0.3, -0.25) is 4.79 Å². The van der Waals surface area contributed by atoms with E-state index in [0.29, 0.717) is 11.5 Å². The molecule has 29 heavy (non-hydrogen) atoms. The van der Waals surface area contributed by atoms with Crippen LogP contribution in [0.1, 0.15) is 58.2 Å². The van der Waals surface area contributed by atoms with E-state index in [2.05, 4.69) is 76.7 Å². The number of hydrogen-bond donors (Lipinski definition) is 1. The molecule has 3 rings (SSSR count). The third-order valence-corrected chi connectivity index (χ3v) is 6.57. The van der Waals surface area contributed by atoms with Crippen LogP contribution in [0.2, 0.25) is 0 Å². The second-order valence-corrected chi connectivity index (χ2v) is 11.2. The topological polar surface area (TPSA) is 47.0 Å². The van der Waals surface area contributed by atoms with E-state index in [-0.39, 0.29) is 16.7 Å². The minimum absolute atomic E-state index is 0.150. The van der Waals surface area contributed by atoms with Gasteiger partial charge in [-0.1, -0.05) is 53.3 Å². The highest BCUT2D eigenvalue weighted by Crippen LogP contribution is 2.41. The molecule has 2 aliphatic rings. The molecule has 2 heterocycles. The van der Waals surface area contributed by atoms with Gasteiger partial charge in [0.2, 0.25) is 0 Å². The zero-order valence-electron chi connectivity index (χ0n) is 18.9. The highest BCUT2D eigenvalue weighted by molar-refractivity contribution is 8.04. The molecular weight excluding hydrogens is 382 g/mol. The Morgan fingerprint density at radius 2 is 1.48 bits per heavy atom. The van der Waals surface area contributed by atoms with Gasteiger partial charge in [0.25, 0.3) is 5.91 Å². The first-order chi connectivity index (χ1) is 13.4. The average Bonchev–Trinajstić information content (AvgIpc) is 2.95. The molecule has 1 aromatic rings. The fraction of sp³-hybridized carbons (Fsp3) is 0.609. The number of hydrogen-bond acceptors (Lipinski definition) is 5. The van der Waals surface area contributed by atoms with E-state index in [1.54, 1.807) is 11.8 Å². The lowest BCUT2D eigenvalue weighted by Crippen LogP contribution is -2.52. The van der Waals surface area contributed by atoms with Crippen molar-refractivity contribution in [1.82, 2.24) is 14.9 Å². The number of carbonyl (C=O) groups is 1. The van der Waals surface area contributed by atoms with Crippen molar-refractivity contribution in [2.24, 2.45) is 0 Å². The molecule has 1 aromatic carbocycles. The summed E-state index contributed by atoms with van der Waals surface area (Å²) in [5.41, 5.74) is 2.58. The van der Waals surface area contributed by atoms with Gasteiger partial charge in [0.1, 0.15) is 5.75 Å². The van der Waals surface area contributed by atoms with Gasteiger partial charge in [-0.05, 0) is 41.6 Å². The number of aromatic hydroxyl groups is 1. The summed E-state index contributed by atoms with van der Waals surface area (Å²) in [6.07, 6.45) is 2.11. The molecular formula is C23H35N3O2S. The van der Waals surface area contributed by atoms with Crippen molar-refractivity contribution in [2.75, 3.05) is 39.0 Å². The largest absolute Gasteiger partial charge is 0.507 e. The van der Waals surface area contributed by atoms with E-state index >= 15 is 0 Å². The van der Waals surface area contributed by atoms with Crippen molar-refractivity contribution in [3.05, 3.63) is 33.9 Å². The van der Waals surface area contributed by atoms with Crippen molar-refractivity contribution in [2.45, 2.75) is 52.4 Å². The van der Waals surface area contributed by atoms with Crippen LogP contribution < -0.4 is 0 Å². The zero-order valence-corrected chi connectivity index (χ0v) is 19.7. The Bertz CT molecular complexity index is 777. The fourth-order valence-corrected chi connectivity index (χ4v) is 4.76. The highest BCUT2D eigenvalue weighted by atomic mass is 32.2. The second-order valence-electron chi connectivity index (χ2n) is 10.2.